The molecule has 2 aromatic carbocycles. The van der Waals surface area contributed by atoms with E-state index in [0.717, 1.165) is 35.7 Å². The lowest BCUT2D eigenvalue weighted by atomic mass is 9.85. The number of amidine groups is 1. The molecule has 2 aliphatic rings. The second-order valence-corrected chi connectivity index (χ2v) is 10.4. The van der Waals surface area contributed by atoms with Gasteiger partial charge in [0.25, 0.3) is 5.91 Å². The fourth-order valence-electron chi connectivity index (χ4n) is 3.97. The largest absolute Gasteiger partial charge is 0.506 e. The van der Waals surface area contributed by atoms with Crippen LogP contribution in [-0.2, 0) is 4.79 Å². The van der Waals surface area contributed by atoms with Crippen molar-refractivity contribution in [2.75, 3.05) is 0 Å². The number of thioether (sulfide) groups is 1. The van der Waals surface area contributed by atoms with Crippen molar-refractivity contribution in [1.29, 1.82) is 0 Å². The van der Waals surface area contributed by atoms with Crippen molar-refractivity contribution >= 4 is 66.5 Å². The third-order valence-corrected chi connectivity index (χ3v) is 7.74. The number of carbonyl (C=O) groups is 1. The van der Waals surface area contributed by atoms with E-state index in [4.69, 9.17) is 4.99 Å². The highest BCUT2D eigenvalue weighted by atomic mass is 79.9. The first-order chi connectivity index (χ1) is 14.4. The second kappa shape index (κ2) is 9.28. The van der Waals surface area contributed by atoms with Crippen molar-refractivity contribution in [2.45, 2.75) is 38.6 Å². The molecule has 1 aliphatic heterocycles. The number of amides is 1. The first-order valence-corrected chi connectivity index (χ1v) is 12.4. The fourth-order valence-corrected chi connectivity index (χ4v) is 6.24. The lowest BCUT2D eigenvalue weighted by Gasteiger charge is -2.35. The third kappa shape index (κ3) is 4.53. The number of para-hydroxylation sites is 1. The van der Waals surface area contributed by atoms with Gasteiger partial charge in [0.15, 0.2) is 5.17 Å². The van der Waals surface area contributed by atoms with Gasteiger partial charge in [-0.25, -0.2) is 4.99 Å². The lowest BCUT2D eigenvalue weighted by Crippen LogP contribution is -2.44. The minimum absolute atomic E-state index is 0.00810. The normalized spacial score (nSPS) is 24.8. The predicted octanol–water partition coefficient (Wildman–Crippen LogP) is 7.10. The van der Waals surface area contributed by atoms with Crippen LogP contribution in [-0.4, -0.2) is 27.1 Å². The quantitative estimate of drug-likeness (QED) is 0.415. The molecule has 1 amide bonds. The maximum atomic E-state index is 13.5. The van der Waals surface area contributed by atoms with Gasteiger partial charge in [0, 0.05) is 6.04 Å². The summed E-state index contributed by atoms with van der Waals surface area (Å²) in [6, 6.07) is 13.6. The van der Waals surface area contributed by atoms with Crippen LogP contribution in [0.5, 0.6) is 5.75 Å². The highest BCUT2D eigenvalue weighted by molar-refractivity contribution is 9.11. The topological polar surface area (TPSA) is 52.9 Å². The maximum Gasteiger partial charge on any atom is 0.267 e. The maximum absolute atomic E-state index is 13.5. The van der Waals surface area contributed by atoms with Gasteiger partial charge in [-0.3, -0.25) is 9.69 Å². The SMILES string of the molecule is C[C@H]1CCCC[C@@H]1N1C(=O)/C(=C/c2cc(Br)c(O)c(Br)c2)SC1=Nc1ccccc1. The van der Waals surface area contributed by atoms with E-state index < -0.39 is 0 Å². The molecule has 156 valence electrons. The average Bonchev–Trinajstić information content (AvgIpc) is 3.02. The summed E-state index contributed by atoms with van der Waals surface area (Å²) in [4.78, 5) is 20.9. The van der Waals surface area contributed by atoms with Crippen molar-refractivity contribution in [3.63, 3.8) is 0 Å². The van der Waals surface area contributed by atoms with Gasteiger partial charge in [0.05, 0.1) is 19.5 Å². The van der Waals surface area contributed by atoms with Crippen molar-refractivity contribution in [1.82, 2.24) is 4.90 Å². The number of nitrogens with zero attached hydrogens (tertiary/aromatic N) is 2. The van der Waals surface area contributed by atoms with Crippen LogP contribution in [0, 0.1) is 5.92 Å². The lowest BCUT2D eigenvalue weighted by molar-refractivity contribution is -0.124. The number of rotatable bonds is 3. The number of halogens is 2. The first kappa shape index (κ1) is 21.7. The molecule has 2 aromatic rings. The number of hydrogen-bond donors (Lipinski definition) is 1. The summed E-state index contributed by atoms with van der Waals surface area (Å²) in [5.74, 6) is 0.598. The highest BCUT2D eigenvalue weighted by Crippen LogP contribution is 2.41. The Balaban J connectivity index is 1.74. The zero-order valence-corrected chi connectivity index (χ0v) is 20.5. The van der Waals surface area contributed by atoms with Gasteiger partial charge in [0.2, 0.25) is 0 Å². The van der Waals surface area contributed by atoms with Gasteiger partial charge < -0.3 is 5.11 Å². The number of aliphatic imine (C=N–C) groups is 1. The Hall–Kier alpha value is -1.57. The van der Waals surface area contributed by atoms with Gasteiger partial charge >= 0.3 is 0 Å². The summed E-state index contributed by atoms with van der Waals surface area (Å²) >= 11 is 8.15. The minimum Gasteiger partial charge on any atom is -0.506 e. The number of benzene rings is 2. The van der Waals surface area contributed by atoms with Gasteiger partial charge in [-0.1, -0.05) is 38.0 Å². The Morgan fingerprint density at radius 3 is 2.47 bits per heavy atom. The molecule has 0 spiro atoms. The number of phenols is 1. The molecule has 1 saturated heterocycles. The number of aromatic hydroxyl groups is 1. The molecule has 1 N–H and O–H groups in total. The fraction of sp³-hybridized carbons (Fsp3) is 0.304. The Morgan fingerprint density at radius 2 is 1.80 bits per heavy atom. The molecular formula is C23H22Br2N2O2S. The molecule has 0 aromatic heterocycles. The molecule has 30 heavy (non-hydrogen) atoms. The zero-order chi connectivity index (χ0) is 21.3. The molecule has 2 atom stereocenters. The third-order valence-electron chi connectivity index (χ3n) is 5.55. The van der Waals surface area contributed by atoms with Crippen LogP contribution in [0.1, 0.15) is 38.2 Å². The van der Waals surface area contributed by atoms with Crippen LogP contribution in [0.25, 0.3) is 6.08 Å². The molecule has 0 unspecified atom stereocenters. The van der Waals surface area contributed by atoms with Crippen molar-refractivity contribution in [3.05, 3.63) is 61.9 Å². The summed E-state index contributed by atoms with van der Waals surface area (Å²) < 4.78 is 1.16. The van der Waals surface area contributed by atoms with E-state index in [2.05, 4.69) is 38.8 Å². The first-order valence-electron chi connectivity index (χ1n) is 9.99. The van der Waals surface area contributed by atoms with Crippen LogP contribution in [0.15, 0.2) is 61.3 Å². The smallest absolute Gasteiger partial charge is 0.267 e. The van der Waals surface area contributed by atoms with Crippen molar-refractivity contribution < 1.29 is 9.90 Å². The molecule has 7 heteroatoms. The Kier molecular flexibility index (Phi) is 6.70. The van der Waals surface area contributed by atoms with E-state index in [1.807, 2.05) is 41.3 Å². The van der Waals surface area contributed by atoms with Gasteiger partial charge in [0.1, 0.15) is 5.75 Å². The summed E-state index contributed by atoms with van der Waals surface area (Å²) in [7, 11) is 0. The van der Waals surface area contributed by atoms with Crippen LogP contribution in [0.2, 0.25) is 0 Å². The molecule has 4 rings (SSSR count). The standard InChI is InChI=1S/C23H22Br2N2O2S/c1-14-7-5-6-10-19(14)27-22(29)20(13-15-11-17(24)21(28)18(25)12-15)30-23(27)26-16-8-3-2-4-9-16/h2-4,8-9,11-14,19,28H,5-7,10H2,1H3/b20-13-,26-23?/t14-,19-/m0/s1. The molecule has 1 heterocycles. The van der Waals surface area contributed by atoms with Crippen LogP contribution in [0.4, 0.5) is 5.69 Å². The highest BCUT2D eigenvalue weighted by Gasteiger charge is 2.41. The number of hydrogen-bond acceptors (Lipinski definition) is 4. The Bertz CT molecular complexity index is 1000. The summed E-state index contributed by atoms with van der Waals surface area (Å²) in [5, 5.41) is 10.7. The van der Waals surface area contributed by atoms with E-state index in [1.54, 1.807) is 12.1 Å². The van der Waals surface area contributed by atoms with Gasteiger partial charge in [-0.15, -0.1) is 0 Å². The van der Waals surface area contributed by atoms with Crippen molar-refractivity contribution in [3.8, 4) is 5.75 Å². The van der Waals surface area contributed by atoms with E-state index in [0.29, 0.717) is 19.8 Å². The van der Waals surface area contributed by atoms with Crippen LogP contribution < -0.4 is 0 Å². The molecule has 4 nitrogen and oxygen atoms in total. The van der Waals surface area contributed by atoms with E-state index in [-0.39, 0.29) is 17.7 Å². The molecule has 1 aliphatic carbocycles. The van der Waals surface area contributed by atoms with Gasteiger partial charge in [-0.05, 0) is 98.3 Å². The van der Waals surface area contributed by atoms with Crippen molar-refractivity contribution in [2.24, 2.45) is 10.9 Å². The van der Waals surface area contributed by atoms with Crippen LogP contribution >= 0.6 is 43.6 Å². The van der Waals surface area contributed by atoms with E-state index in [1.165, 1.54) is 18.2 Å². The van der Waals surface area contributed by atoms with Gasteiger partial charge in [-0.2, -0.15) is 0 Å². The molecular weight excluding hydrogens is 528 g/mol. The summed E-state index contributed by atoms with van der Waals surface area (Å²) in [6.07, 6.45) is 6.37. The summed E-state index contributed by atoms with van der Waals surface area (Å²) in [5.41, 5.74) is 1.68. The zero-order valence-electron chi connectivity index (χ0n) is 16.5. The average molecular weight is 550 g/mol. The predicted molar refractivity (Wildman–Crippen MR) is 131 cm³/mol. The second-order valence-electron chi connectivity index (χ2n) is 7.68. The monoisotopic (exact) mass is 548 g/mol. The van der Waals surface area contributed by atoms with E-state index >= 15 is 0 Å². The molecule has 2 fully saturated rings. The number of phenolic OH excluding ortho intramolecular Hbond substituents is 1. The summed E-state index contributed by atoms with van der Waals surface area (Å²) in [6.45, 7) is 2.23. The molecule has 0 bridgehead atoms. The molecule has 1 saturated carbocycles. The molecule has 0 radical (unpaired) electrons. The Labute approximate surface area is 197 Å². The minimum atomic E-state index is 0.00810. The van der Waals surface area contributed by atoms with Crippen LogP contribution in [0.3, 0.4) is 0 Å². The number of carbonyl (C=O) groups excluding carboxylic acids is 1. The van der Waals surface area contributed by atoms with E-state index in [9.17, 15) is 9.90 Å². The Morgan fingerprint density at radius 1 is 1.13 bits per heavy atom.